The summed E-state index contributed by atoms with van der Waals surface area (Å²) in [5.74, 6) is 0. The zero-order valence-corrected chi connectivity index (χ0v) is 7.69. The van der Waals surface area contributed by atoms with Crippen LogP contribution in [0.1, 0.15) is 46.0 Å². The number of allylic oxidation sites excluding steroid dienone is 4. The predicted octanol–water partition coefficient (Wildman–Crippen LogP) is 3.84. The lowest BCUT2D eigenvalue weighted by Gasteiger charge is -2.01. The first-order valence-corrected chi connectivity index (χ1v) is 4.66. The Morgan fingerprint density at radius 3 is 2.55 bits per heavy atom. The van der Waals surface area contributed by atoms with Gasteiger partial charge in [0.25, 0.3) is 0 Å². The van der Waals surface area contributed by atoms with Gasteiger partial charge in [-0.2, -0.15) is 0 Å². The van der Waals surface area contributed by atoms with Crippen LogP contribution < -0.4 is 0 Å². The van der Waals surface area contributed by atoms with E-state index >= 15 is 0 Å². The van der Waals surface area contributed by atoms with E-state index in [-0.39, 0.29) is 0 Å². The van der Waals surface area contributed by atoms with Crippen molar-refractivity contribution in [1.82, 2.24) is 0 Å². The van der Waals surface area contributed by atoms with Crippen molar-refractivity contribution < 1.29 is 0 Å². The molecule has 0 aromatic heterocycles. The van der Waals surface area contributed by atoms with Gasteiger partial charge in [-0.05, 0) is 45.1 Å². The van der Waals surface area contributed by atoms with Crippen LogP contribution in [0.25, 0.3) is 0 Å². The molecule has 0 spiro atoms. The third kappa shape index (κ3) is 2.53. The van der Waals surface area contributed by atoms with E-state index < -0.39 is 0 Å². The molecule has 0 heteroatoms. The van der Waals surface area contributed by atoms with E-state index in [1.165, 1.54) is 32.1 Å². The predicted molar refractivity (Wildman–Crippen MR) is 50.6 cm³/mol. The Balaban J connectivity index is 2.67. The highest BCUT2D eigenvalue weighted by atomic mass is 14.1. The van der Waals surface area contributed by atoms with Gasteiger partial charge in [0.1, 0.15) is 0 Å². The number of rotatable bonds is 1. The molecule has 0 saturated heterocycles. The number of hydrogen-bond donors (Lipinski definition) is 0. The summed E-state index contributed by atoms with van der Waals surface area (Å²) in [5.41, 5.74) is 3.20. The summed E-state index contributed by atoms with van der Waals surface area (Å²) in [7, 11) is 0. The third-order valence-electron chi connectivity index (χ3n) is 2.41. The largest absolute Gasteiger partial charge is 0.0874 e. The summed E-state index contributed by atoms with van der Waals surface area (Å²) in [5, 5.41) is 0. The van der Waals surface area contributed by atoms with Crippen molar-refractivity contribution in [2.75, 3.05) is 0 Å². The van der Waals surface area contributed by atoms with Crippen LogP contribution in [0.4, 0.5) is 0 Å². The van der Waals surface area contributed by atoms with Gasteiger partial charge < -0.3 is 0 Å². The first-order valence-electron chi connectivity index (χ1n) is 4.66. The normalized spacial score (nSPS) is 20.9. The van der Waals surface area contributed by atoms with E-state index in [4.69, 9.17) is 0 Å². The molecule has 11 heavy (non-hydrogen) atoms. The first kappa shape index (κ1) is 8.58. The highest BCUT2D eigenvalue weighted by Gasteiger charge is 2.04. The molecular formula is C11H18. The Morgan fingerprint density at radius 1 is 1.09 bits per heavy atom. The Hall–Kier alpha value is -0.520. The van der Waals surface area contributed by atoms with E-state index in [2.05, 4.69) is 26.0 Å². The van der Waals surface area contributed by atoms with Gasteiger partial charge in [-0.15, -0.1) is 0 Å². The van der Waals surface area contributed by atoms with Crippen molar-refractivity contribution >= 4 is 0 Å². The molecule has 0 fully saturated rings. The summed E-state index contributed by atoms with van der Waals surface area (Å²) >= 11 is 0. The second-order valence-electron chi connectivity index (χ2n) is 3.37. The van der Waals surface area contributed by atoms with Gasteiger partial charge in [-0.3, -0.25) is 0 Å². The van der Waals surface area contributed by atoms with Crippen LogP contribution in [0, 0.1) is 0 Å². The fourth-order valence-electron chi connectivity index (χ4n) is 1.68. The van der Waals surface area contributed by atoms with Gasteiger partial charge in [0.2, 0.25) is 0 Å². The summed E-state index contributed by atoms with van der Waals surface area (Å²) in [6.07, 6.45) is 11.3. The van der Waals surface area contributed by atoms with Gasteiger partial charge in [0.15, 0.2) is 0 Å². The Morgan fingerprint density at radius 2 is 1.82 bits per heavy atom. The summed E-state index contributed by atoms with van der Waals surface area (Å²) in [6.45, 7) is 4.38. The van der Waals surface area contributed by atoms with Crippen molar-refractivity contribution in [3.05, 3.63) is 23.3 Å². The van der Waals surface area contributed by atoms with Crippen molar-refractivity contribution in [2.24, 2.45) is 0 Å². The highest BCUT2D eigenvalue weighted by molar-refractivity contribution is 5.24. The minimum Gasteiger partial charge on any atom is -0.0874 e. The lowest BCUT2D eigenvalue weighted by Crippen LogP contribution is -1.81. The van der Waals surface area contributed by atoms with Crippen LogP contribution in [-0.4, -0.2) is 0 Å². The fourth-order valence-corrected chi connectivity index (χ4v) is 1.68. The van der Waals surface area contributed by atoms with Crippen LogP contribution in [0.2, 0.25) is 0 Å². The molecule has 0 aliphatic heterocycles. The summed E-state index contributed by atoms with van der Waals surface area (Å²) < 4.78 is 0. The Labute approximate surface area is 70.0 Å². The molecule has 62 valence electrons. The smallest absolute Gasteiger partial charge is 0.0280 e. The molecular weight excluding hydrogens is 132 g/mol. The molecule has 0 aromatic carbocycles. The molecule has 1 aliphatic carbocycles. The summed E-state index contributed by atoms with van der Waals surface area (Å²) in [4.78, 5) is 0. The van der Waals surface area contributed by atoms with Crippen molar-refractivity contribution in [2.45, 2.75) is 46.0 Å². The average molecular weight is 150 g/mol. The minimum absolute atomic E-state index is 1.30. The van der Waals surface area contributed by atoms with Gasteiger partial charge in [0, 0.05) is 0 Å². The highest BCUT2D eigenvalue weighted by Crippen LogP contribution is 2.23. The third-order valence-corrected chi connectivity index (χ3v) is 2.41. The number of hydrogen-bond acceptors (Lipinski definition) is 0. The summed E-state index contributed by atoms with van der Waals surface area (Å²) in [6, 6.07) is 0. The molecule has 0 N–H and O–H groups in total. The van der Waals surface area contributed by atoms with Crippen LogP contribution in [-0.2, 0) is 0 Å². The van der Waals surface area contributed by atoms with Crippen LogP contribution in [0.15, 0.2) is 23.3 Å². The van der Waals surface area contributed by atoms with E-state index in [0.29, 0.717) is 0 Å². The fraction of sp³-hybridized carbons (Fsp3) is 0.636. The second kappa shape index (κ2) is 4.38. The topological polar surface area (TPSA) is 0 Å². The molecule has 0 atom stereocenters. The quantitative estimate of drug-likeness (QED) is 0.532. The van der Waals surface area contributed by atoms with Crippen molar-refractivity contribution in [3.63, 3.8) is 0 Å². The van der Waals surface area contributed by atoms with Crippen molar-refractivity contribution in [3.8, 4) is 0 Å². The zero-order valence-electron chi connectivity index (χ0n) is 7.69. The standard InChI is InChI=1S/C11H18/c1-3-7-11-9-6-4-5-8-10(11)2/h3,7H,4-6,8-9H2,1-2H3/b7-3-. The van der Waals surface area contributed by atoms with E-state index in [1.807, 2.05) is 0 Å². The lowest BCUT2D eigenvalue weighted by atomic mass is 10.0. The van der Waals surface area contributed by atoms with Gasteiger partial charge in [-0.1, -0.05) is 24.1 Å². The monoisotopic (exact) mass is 150 g/mol. The molecule has 0 radical (unpaired) electrons. The van der Waals surface area contributed by atoms with Crippen LogP contribution in [0.5, 0.6) is 0 Å². The SMILES string of the molecule is C/C=C\C1=C(C)CCCCC1. The van der Waals surface area contributed by atoms with E-state index in [9.17, 15) is 0 Å². The molecule has 0 saturated carbocycles. The van der Waals surface area contributed by atoms with Gasteiger partial charge in [0.05, 0.1) is 0 Å². The Kier molecular flexibility index (Phi) is 3.41. The Bertz CT molecular complexity index is 172. The maximum absolute atomic E-state index is 2.28. The molecule has 0 unspecified atom stereocenters. The van der Waals surface area contributed by atoms with Crippen molar-refractivity contribution in [1.29, 1.82) is 0 Å². The lowest BCUT2D eigenvalue weighted by molar-refractivity contribution is 0.708. The maximum Gasteiger partial charge on any atom is -0.0280 e. The van der Waals surface area contributed by atoms with E-state index in [0.717, 1.165) is 0 Å². The molecule has 0 amide bonds. The molecule has 1 rings (SSSR count). The van der Waals surface area contributed by atoms with E-state index in [1.54, 1.807) is 11.1 Å². The average Bonchev–Trinajstić information content (AvgIpc) is 2.18. The maximum atomic E-state index is 2.28. The minimum atomic E-state index is 1.30. The van der Waals surface area contributed by atoms with Gasteiger partial charge in [-0.25, -0.2) is 0 Å². The molecule has 1 aliphatic rings. The molecule has 0 bridgehead atoms. The molecule has 0 aromatic rings. The second-order valence-corrected chi connectivity index (χ2v) is 3.37. The zero-order chi connectivity index (χ0) is 8.10. The van der Waals surface area contributed by atoms with Crippen LogP contribution >= 0.6 is 0 Å². The first-order chi connectivity index (χ1) is 5.34. The van der Waals surface area contributed by atoms with Gasteiger partial charge >= 0.3 is 0 Å². The van der Waals surface area contributed by atoms with Crippen LogP contribution in [0.3, 0.4) is 0 Å². The molecule has 0 nitrogen and oxygen atoms in total. The molecule has 0 heterocycles.